The number of hydrogen-bond donors (Lipinski definition) is 1. The minimum atomic E-state index is -1.15. The molecule has 0 atom stereocenters. The summed E-state index contributed by atoms with van der Waals surface area (Å²) in [5.41, 5.74) is 0.466. The quantitative estimate of drug-likeness (QED) is 0.772. The molecule has 0 aliphatic rings. The van der Waals surface area contributed by atoms with Gasteiger partial charge in [-0.2, -0.15) is 4.98 Å². The van der Waals surface area contributed by atoms with Gasteiger partial charge in [0.05, 0.1) is 19.1 Å². The maximum absolute atomic E-state index is 11.1. The molecule has 0 radical (unpaired) electrons. The molecule has 2 aromatic rings. The molecule has 0 saturated carbocycles. The molecule has 0 saturated heterocycles. The average Bonchev–Trinajstić information content (AvgIpc) is 2.85. The first-order valence-corrected chi connectivity index (χ1v) is 5.82. The Balaban J connectivity index is 2.36. The molecular formula is C12H14N4O4. The fourth-order valence-electron chi connectivity index (χ4n) is 1.53. The number of imidazole rings is 1. The Bertz CT molecular complexity index is 611. The lowest BCUT2D eigenvalue weighted by Crippen LogP contribution is -2.09. The maximum Gasteiger partial charge on any atom is 0.354 e. The van der Waals surface area contributed by atoms with Crippen molar-refractivity contribution in [1.29, 1.82) is 0 Å². The number of aryl methyl sites for hydroxylation is 1. The van der Waals surface area contributed by atoms with Gasteiger partial charge in [0.2, 0.25) is 5.88 Å². The van der Waals surface area contributed by atoms with Crippen LogP contribution in [0.15, 0.2) is 18.6 Å². The number of hydrogen-bond acceptors (Lipinski definition) is 6. The zero-order valence-electron chi connectivity index (χ0n) is 11.1. The summed E-state index contributed by atoms with van der Waals surface area (Å²) in [4.78, 5) is 23.2. The van der Waals surface area contributed by atoms with Crippen LogP contribution in [0, 0.1) is 0 Å². The molecule has 0 unspecified atom stereocenters. The molecule has 0 amide bonds. The number of carboxylic acids is 1. The van der Waals surface area contributed by atoms with Gasteiger partial charge in [-0.25, -0.2) is 14.8 Å². The zero-order valence-corrected chi connectivity index (χ0v) is 11.1. The lowest BCUT2D eigenvalue weighted by atomic mass is 10.3. The topological polar surface area (TPSA) is 99.4 Å². The Labute approximate surface area is 115 Å². The second kappa shape index (κ2) is 6.11. The largest absolute Gasteiger partial charge is 0.477 e. The Morgan fingerprint density at radius 1 is 1.40 bits per heavy atom. The van der Waals surface area contributed by atoms with Crippen LogP contribution < -0.4 is 4.74 Å². The molecule has 8 nitrogen and oxygen atoms in total. The van der Waals surface area contributed by atoms with Crippen LogP contribution in [-0.2, 0) is 11.8 Å². The van der Waals surface area contributed by atoms with E-state index in [-0.39, 0.29) is 24.0 Å². The standard InChI is InChI=1S/C12H14N4O4/c1-16-7-13-6-9(16)11-14-8(12(17)18)5-10(15-11)20-4-3-19-2/h5-7H,3-4H2,1-2H3,(H,17,18). The first-order valence-electron chi connectivity index (χ1n) is 5.82. The van der Waals surface area contributed by atoms with Crippen molar-refractivity contribution in [3.05, 3.63) is 24.3 Å². The molecule has 0 aliphatic heterocycles. The van der Waals surface area contributed by atoms with Crippen LogP contribution in [0.25, 0.3) is 11.5 Å². The fourth-order valence-corrected chi connectivity index (χ4v) is 1.53. The SMILES string of the molecule is COCCOc1cc(C(=O)O)nc(-c2cncn2C)n1. The highest BCUT2D eigenvalue weighted by molar-refractivity contribution is 5.86. The van der Waals surface area contributed by atoms with Crippen molar-refractivity contribution in [2.24, 2.45) is 7.05 Å². The van der Waals surface area contributed by atoms with E-state index in [1.54, 1.807) is 31.2 Å². The predicted molar refractivity (Wildman–Crippen MR) is 68.6 cm³/mol. The normalized spacial score (nSPS) is 10.5. The summed E-state index contributed by atoms with van der Waals surface area (Å²) in [6, 6.07) is 1.28. The third kappa shape index (κ3) is 3.09. The second-order valence-electron chi connectivity index (χ2n) is 3.95. The summed E-state index contributed by atoms with van der Waals surface area (Å²) in [7, 11) is 3.32. The monoisotopic (exact) mass is 278 g/mol. The van der Waals surface area contributed by atoms with Crippen molar-refractivity contribution in [3.8, 4) is 17.4 Å². The van der Waals surface area contributed by atoms with E-state index in [1.165, 1.54) is 6.07 Å². The van der Waals surface area contributed by atoms with Crippen LogP contribution in [0.2, 0.25) is 0 Å². The van der Waals surface area contributed by atoms with Crippen LogP contribution in [0.3, 0.4) is 0 Å². The van der Waals surface area contributed by atoms with E-state index in [2.05, 4.69) is 15.0 Å². The Morgan fingerprint density at radius 2 is 2.20 bits per heavy atom. The Kier molecular flexibility index (Phi) is 4.26. The van der Waals surface area contributed by atoms with Gasteiger partial charge in [0.1, 0.15) is 12.3 Å². The summed E-state index contributed by atoms with van der Waals surface area (Å²) in [5.74, 6) is -0.713. The van der Waals surface area contributed by atoms with Crippen molar-refractivity contribution < 1.29 is 19.4 Å². The van der Waals surface area contributed by atoms with Gasteiger partial charge in [-0.3, -0.25) is 0 Å². The highest BCUT2D eigenvalue weighted by Crippen LogP contribution is 2.18. The van der Waals surface area contributed by atoms with Gasteiger partial charge >= 0.3 is 5.97 Å². The molecule has 2 aromatic heterocycles. The van der Waals surface area contributed by atoms with Gasteiger partial charge in [0, 0.05) is 20.2 Å². The number of carbonyl (C=O) groups is 1. The van der Waals surface area contributed by atoms with Gasteiger partial charge in [0.25, 0.3) is 0 Å². The van der Waals surface area contributed by atoms with E-state index in [4.69, 9.17) is 14.6 Å². The van der Waals surface area contributed by atoms with Gasteiger partial charge < -0.3 is 19.1 Å². The highest BCUT2D eigenvalue weighted by Gasteiger charge is 2.14. The zero-order chi connectivity index (χ0) is 14.5. The molecule has 2 rings (SSSR count). The summed E-state index contributed by atoms with van der Waals surface area (Å²) < 4.78 is 11.9. The van der Waals surface area contributed by atoms with Crippen molar-refractivity contribution in [2.75, 3.05) is 20.3 Å². The van der Waals surface area contributed by atoms with Crippen LogP contribution in [0.1, 0.15) is 10.5 Å². The minimum absolute atomic E-state index is 0.136. The molecule has 1 N–H and O–H groups in total. The maximum atomic E-state index is 11.1. The van der Waals surface area contributed by atoms with Gasteiger partial charge in [-0.1, -0.05) is 0 Å². The third-order valence-corrected chi connectivity index (χ3v) is 2.50. The van der Waals surface area contributed by atoms with Crippen LogP contribution in [0.4, 0.5) is 0 Å². The number of aromatic nitrogens is 4. The van der Waals surface area contributed by atoms with Crippen molar-refractivity contribution in [1.82, 2.24) is 19.5 Å². The summed E-state index contributed by atoms with van der Waals surface area (Å²) in [5, 5.41) is 9.08. The van der Waals surface area contributed by atoms with E-state index in [1.807, 2.05) is 0 Å². The summed E-state index contributed by atoms with van der Waals surface area (Å²) in [6.07, 6.45) is 3.14. The Morgan fingerprint density at radius 3 is 2.80 bits per heavy atom. The van der Waals surface area contributed by atoms with Gasteiger partial charge in [-0.15, -0.1) is 0 Å². The molecule has 0 aromatic carbocycles. The highest BCUT2D eigenvalue weighted by atomic mass is 16.5. The van der Waals surface area contributed by atoms with E-state index < -0.39 is 5.97 Å². The number of rotatable bonds is 6. The molecule has 8 heteroatoms. The molecule has 0 fully saturated rings. The fraction of sp³-hybridized carbons (Fsp3) is 0.333. The van der Waals surface area contributed by atoms with Crippen LogP contribution in [-0.4, -0.2) is 50.9 Å². The molecule has 106 valence electrons. The third-order valence-electron chi connectivity index (χ3n) is 2.50. The second-order valence-corrected chi connectivity index (χ2v) is 3.95. The van der Waals surface area contributed by atoms with Crippen molar-refractivity contribution >= 4 is 5.97 Å². The van der Waals surface area contributed by atoms with Crippen LogP contribution >= 0.6 is 0 Å². The minimum Gasteiger partial charge on any atom is -0.477 e. The lowest BCUT2D eigenvalue weighted by Gasteiger charge is -2.08. The van der Waals surface area contributed by atoms with Gasteiger partial charge in [-0.05, 0) is 0 Å². The number of methoxy groups -OCH3 is 1. The number of aromatic carboxylic acids is 1. The van der Waals surface area contributed by atoms with E-state index in [0.717, 1.165) is 0 Å². The lowest BCUT2D eigenvalue weighted by molar-refractivity contribution is 0.0689. The van der Waals surface area contributed by atoms with E-state index in [0.29, 0.717) is 12.3 Å². The molecule has 20 heavy (non-hydrogen) atoms. The average molecular weight is 278 g/mol. The summed E-state index contributed by atoms with van der Waals surface area (Å²) in [6.45, 7) is 0.658. The molecular weight excluding hydrogens is 264 g/mol. The summed E-state index contributed by atoms with van der Waals surface area (Å²) >= 11 is 0. The van der Waals surface area contributed by atoms with E-state index >= 15 is 0 Å². The first-order chi connectivity index (χ1) is 9.61. The van der Waals surface area contributed by atoms with Crippen molar-refractivity contribution in [3.63, 3.8) is 0 Å². The van der Waals surface area contributed by atoms with Gasteiger partial charge in [0.15, 0.2) is 11.5 Å². The molecule has 0 spiro atoms. The number of carboxylic acid groups (broad SMARTS) is 1. The molecule has 2 heterocycles. The number of nitrogens with zero attached hydrogens (tertiary/aromatic N) is 4. The van der Waals surface area contributed by atoms with E-state index in [9.17, 15) is 4.79 Å². The smallest absolute Gasteiger partial charge is 0.354 e. The van der Waals surface area contributed by atoms with Crippen molar-refractivity contribution in [2.45, 2.75) is 0 Å². The molecule has 0 aliphatic carbocycles. The molecule has 0 bridgehead atoms. The van der Waals surface area contributed by atoms with Crippen LogP contribution in [0.5, 0.6) is 5.88 Å². The predicted octanol–water partition coefficient (Wildman–Crippen LogP) is 0.601. The number of ether oxygens (including phenoxy) is 2. The Hall–Kier alpha value is -2.48. The first kappa shape index (κ1) is 13.9.